The highest BCUT2D eigenvalue weighted by Gasteiger charge is 2.23. The number of carbonyl (C=O) groups excluding carboxylic acids is 1. The Morgan fingerprint density at radius 2 is 1.46 bits per heavy atom. The lowest BCUT2D eigenvalue weighted by Crippen LogP contribution is -2.35. The molecule has 144 valence electrons. The van der Waals surface area contributed by atoms with Crippen molar-refractivity contribution in [3.05, 3.63) is 78.1 Å². The van der Waals surface area contributed by atoms with E-state index >= 15 is 0 Å². The van der Waals surface area contributed by atoms with E-state index in [9.17, 15) is 4.79 Å². The summed E-state index contributed by atoms with van der Waals surface area (Å²) in [6.45, 7) is 0. The standard InChI is InChI=1S/C20H23N7O/c1-27(2)26-19-17(21)18(22-13-23-19)24-25-20(28)16(14-9-5-3-6-10-14)15-11-7-4-8-12-15/h3-13,16H,21H2,1-2H3,(H,25,28)(H2,22,23,24,26). The number of anilines is 3. The first-order chi connectivity index (χ1) is 13.6. The van der Waals surface area contributed by atoms with E-state index in [-0.39, 0.29) is 5.91 Å². The van der Waals surface area contributed by atoms with Crippen LogP contribution in [0.4, 0.5) is 17.3 Å². The van der Waals surface area contributed by atoms with E-state index in [2.05, 4.69) is 26.2 Å². The van der Waals surface area contributed by atoms with Gasteiger partial charge in [0.25, 0.3) is 0 Å². The Bertz CT molecular complexity index is 877. The third-order valence-corrected chi connectivity index (χ3v) is 4.05. The maximum absolute atomic E-state index is 13.0. The Morgan fingerprint density at radius 3 is 2.00 bits per heavy atom. The van der Waals surface area contributed by atoms with Crippen LogP contribution in [0.3, 0.4) is 0 Å². The van der Waals surface area contributed by atoms with Crippen LogP contribution in [-0.4, -0.2) is 35.0 Å². The molecule has 0 aliphatic heterocycles. The molecule has 0 atom stereocenters. The molecule has 2 aromatic carbocycles. The van der Waals surface area contributed by atoms with Gasteiger partial charge in [-0.3, -0.25) is 15.6 Å². The monoisotopic (exact) mass is 377 g/mol. The first-order valence-corrected chi connectivity index (χ1v) is 8.76. The van der Waals surface area contributed by atoms with Crippen LogP contribution in [0.25, 0.3) is 0 Å². The van der Waals surface area contributed by atoms with Gasteiger partial charge in [0, 0.05) is 14.1 Å². The molecule has 0 aliphatic rings. The smallest absolute Gasteiger partial charge is 0.250 e. The fraction of sp³-hybridized carbons (Fsp3) is 0.150. The van der Waals surface area contributed by atoms with Crippen LogP contribution in [0.5, 0.6) is 0 Å². The second-order valence-electron chi connectivity index (χ2n) is 6.36. The summed E-state index contributed by atoms with van der Waals surface area (Å²) in [6.07, 6.45) is 1.36. The lowest BCUT2D eigenvalue weighted by molar-refractivity contribution is -0.121. The molecule has 0 fully saturated rings. The summed E-state index contributed by atoms with van der Waals surface area (Å²) < 4.78 is 0. The lowest BCUT2D eigenvalue weighted by atomic mass is 9.91. The van der Waals surface area contributed by atoms with Crippen molar-refractivity contribution in [2.75, 3.05) is 30.7 Å². The predicted molar refractivity (Wildman–Crippen MR) is 110 cm³/mol. The summed E-state index contributed by atoms with van der Waals surface area (Å²) >= 11 is 0. The topological polar surface area (TPSA) is 108 Å². The van der Waals surface area contributed by atoms with Crippen molar-refractivity contribution < 1.29 is 4.79 Å². The van der Waals surface area contributed by atoms with E-state index in [1.165, 1.54) is 6.33 Å². The van der Waals surface area contributed by atoms with Gasteiger partial charge in [0.1, 0.15) is 12.0 Å². The van der Waals surface area contributed by atoms with E-state index in [4.69, 9.17) is 5.73 Å². The predicted octanol–water partition coefficient (Wildman–Crippen LogP) is 2.22. The van der Waals surface area contributed by atoms with Gasteiger partial charge in [-0.25, -0.2) is 15.0 Å². The molecule has 0 saturated heterocycles. The van der Waals surface area contributed by atoms with Gasteiger partial charge in [0.05, 0.1) is 5.92 Å². The van der Waals surface area contributed by atoms with Crippen LogP contribution in [-0.2, 0) is 4.79 Å². The SMILES string of the molecule is CN(C)Nc1ncnc(NNC(=O)C(c2ccccc2)c2ccccc2)c1N. The highest BCUT2D eigenvalue weighted by Crippen LogP contribution is 2.25. The molecule has 1 heterocycles. The molecule has 1 aromatic heterocycles. The third-order valence-electron chi connectivity index (χ3n) is 4.05. The minimum absolute atomic E-state index is 0.225. The number of nitrogens with zero attached hydrogens (tertiary/aromatic N) is 3. The second kappa shape index (κ2) is 8.83. The van der Waals surface area contributed by atoms with Crippen LogP contribution in [0.1, 0.15) is 17.0 Å². The zero-order valence-corrected chi connectivity index (χ0v) is 15.8. The fourth-order valence-corrected chi connectivity index (χ4v) is 2.78. The number of hydrogen-bond donors (Lipinski definition) is 4. The maximum Gasteiger partial charge on any atom is 0.250 e. The molecular weight excluding hydrogens is 354 g/mol. The summed E-state index contributed by atoms with van der Waals surface area (Å²) in [5.74, 6) is 0.0573. The number of hydrogen-bond acceptors (Lipinski definition) is 7. The number of nitrogen functional groups attached to an aromatic ring is 1. The molecule has 0 radical (unpaired) electrons. The number of benzene rings is 2. The van der Waals surface area contributed by atoms with Crippen LogP contribution in [0.2, 0.25) is 0 Å². The molecule has 3 aromatic rings. The van der Waals surface area contributed by atoms with Gasteiger partial charge in [0.2, 0.25) is 5.91 Å². The van der Waals surface area contributed by atoms with E-state index in [0.717, 1.165) is 11.1 Å². The Morgan fingerprint density at radius 1 is 0.929 bits per heavy atom. The Kier molecular flexibility index (Phi) is 6.03. The maximum atomic E-state index is 13.0. The Hall–Kier alpha value is -3.65. The van der Waals surface area contributed by atoms with Crippen LogP contribution in [0, 0.1) is 0 Å². The van der Waals surface area contributed by atoms with Crippen molar-refractivity contribution >= 4 is 23.2 Å². The highest BCUT2D eigenvalue weighted by molar-refractivity contribution is 5.88. The summed E-state index contributed by atoms with van der Waals surface area (Å²) in [7, 11) is 3.64. The van der Waals surface area contributed by atoms with Gasteiger partial charge in [-0.05, 0) is 11.1 Å². The van der Waals surface area contributed by atoms with Gasteiger partial charge in [-0.2, -0.15) is 0 Å². The van der Waals surface area contributed by atoms with Crippen LogP contribution >= 0.6 is 0 Å². The zero-order valence-electron chi connectivity index (χ0n) is 15.8. The van der Waals surface area contributed by atoms with E-state index in [0.29, 0.717) is 17.3 Å². The molecule has 0 unspecified atom stereocenters. The average molecular weight is 377 g/mol. The van der Waals surface area contributed by atoms with E-state index < -0.39 is 5.92 Å². The largest absolute Gasteiger partial charge is 0.393 e. The molecule has 0 spiro atoms. The molecule has 0 saturated carbocycles. The number of hydrazine groups is 2. The normalized spacial score (nSPS) is 10.7. The first-order valence-electron chi connectivity index (χ1n) is 8.76. The first kappa shape index (κ1) is 19.1. The zero-order chi connectivity index (χ0) is 19.9. The molecule has 5 N–H and O–H groups in total. The molecule has 0 aliphatic carbocycles. The Balaban J connectivity index is 1.80. The number of amides is 1. The molecule has 0 bridgehead atoms. The van der Waals surface area contributed by atoms with Crippen molar-refractivity contribution in [3.8, 4) is 0 Å². The van der Waals surface area contributed by atoms with Crippen LogP contribution < -0.4 is 22.0 Å². The summed E-state index contributed by atoms with van der Waals surface area (Å²) in [5.41, 5.74) is 16.7. The van der Waals surface area contributed by atoms with Crippen molar-refractivity contribution in [2.24, 2.45) is 0 Å². The Labute approximate surface area is 163 Å². The van der Waals surface area contributed by atoms with Crippen molar-refractivity contribution in [2.45, 2.75) is 5.92 Å². The fourth-order valence-electron chi connectivity index (χ4n) is 2.78. The second-order valence-corrected chi connectivity index (χ2v) is 6.36. The lowest BCUT2D eigenvalue weighted by Gasteiger charge is -2.19. The molecular formula is C20H23N7O. The van der Waals surface area contributed by atoms with Crippen LogP contribution in [0.15, 0.2) is 67.0 Å². The molecule has 8 heteroatoms. The van der Waals surface area contributed by atoms with Crippen molar-refractivity contribution in [1.82, 2.24) is 20.4 Å². The average Bonchev–Trinajstić information content (AvgIpc) is 2.70. The number of rotatable bonds is 7. The molecule has 3 rings (SSSR count). The summed E-state index contributed by atoms with van der Waals surface area (Å²) in [4.78, 5) is 21.2. The highest BCUT2D eigenvalue weighted by atomic mass is 16.2. The number of nitrogens with one attached hydrogen (secondary N) is 3. The molecule has 28 heavy (non-hydrogen) atoms. The number of carbonyl (C=O) groups is 1. The van der Waals surface area contributed by atoms with E-state index in [1.54, 1.807) is 5.01 Å². The van der Waals surface area contributed by atoms with Crippen molar-refractivity contribution in [3.63, 3.8) is 0 Å². The quantitative estimate of drug-likeness (QED) is 0.468. The van der Waals surface area contributed by atoms with E-state index in [1.807, 2.05) is 74.8 Å². The third kappa shape index (κ3) is 4.54. The minimum Gasteiger partial charge on any atom is -0.393 e. The van der Waals surface area contributed by atoms with Crippen molar-refractivity contribution in [1.29, 1.82) is 0 Å². The summed E-state index contributed by atoms with van der Waals surface area (Å²) in [6, 6.07) is 19.2. The summed E-state index contributed by atoms with van der Waals surface area (Å²) in [5, 5.41) is 1.71. The van der Waals surface area contributed by atoms with Gasteiger partial charge in [-0.15, -0.1) is 0 Å². The molecule has 8 nitrogen and oxygen atoms in total. The van der Waals surface area contributed by atoms with Gasteiger partial charge in [-0.1, -0.05) is 60.7 Å². The number of aromatic nitrogens is 2. The number of nitrogens with two attached hydrogens (primary N) is 1. The minimum atomic E-state index is -0.475. The van der Waals surface area contributed by atoms with Gasteiger partial charge in [0.15, 0.2) is 11.6 Å². The van der Waals surface area contributed by atoms with Gasteiger partial charge >= 0.3 is 0 Å². The van der Waals surface area contributed by atoms with Gasteiger partial charge < -0.3 is 11.2 Å². The molecule has 1 amide bonds.